The fraction of sp³-hybridized carbons (Fsp3) is 0.500. The molecule has 0 aromatic heterocycles. The van der Waals surface area contributed by atoms with Gasteiger partial charge in [0.1, 0.15) is 0 Å². The maximum absolute atomic E-state index is 5.66. The Morgan fingerprint density at radius 3 is 3.00 bits per heavy atom. The van der Waals surface area contributed by atoms with Crippen LogP contribution in [0.3, 0.4) is 0 Å². The van der Waals surface area contributed by atoms with Crippen LogP contribution >= 0.6 is 11.9 Å². The van der Waals surface area contributed by atoms with Gasteiger partial charge in [-0.25, -0.2) is 4.72 Å². The monoisotopic (exact) mass is 158 g/mol. The summed E-state index contributed by atoms with van der Waals surface area (Å²) in [5.41, 5.74) is 6.82. The minimum absolute atomic E-state index is 0.164. The molecule has 0 aromatic carbocycles. The van der Waals surface area contributed by atoms with E-state index in [2.05, 4.69) is 17.0 Å². The van der Waals surface area contributed by atoms with Crippen molar-refractivity contribution in [2.75, 3.05) is 13.6 Å². The van der Waals surface area contributed by atoms with Crippen LogP contribution in [0.25, 0.3) is 0 Å². The Kier molecular flexibility index (Phi) is 2.48. The molecule has 0 bridgehead atoms. The van der Waals surface area contributed by atoms with Gasteiger partial charge in [0.2, 0.25) is 0 Å². The van der Waals surface area contributed by atoms with Crippen LogP contribution in [-0.2, 0) is 0 Å². The molecule has 3 nitrogen and oxygen atoms in total. The normalized spacial score (nSPS) is 25.9. The van der Waals surface area contributed by atoms with Crippen molar-refractivity contribution in [1.82, 2.24) is 10.0 Å². The standard InChI is InChI=1S/C6H12N3S/c1-4-5(3-8-2)6(7)10-9-4/h4,8-9H,1,3,7H2,2H3/q+1. The largest absolute Gasteiger partial charge is 0.392 e. The van der Waals surface area contributed by atoms with Crippen LogP contribution < -0.4 is 15.8 Å². The first-order valence-corrected chi connectivity index (χ1v) is 3.96. The molecule has 0 saturated heterocycles. The van der Waals surface area contributed by atoms with Gasteiger partial charge in [-0.1, -0.05) is 0 Å². The van der Waals surface area contributed by atoms with Crippen LogP contribution in [0.5, 0.6) is 0 Å². The van der Waals surface area contributed by atoms with Gasteiger partial charge in [-0.15, -0.1) is 0 Å². The molecule has 1 aliphatic rings. The van der Waals surface area contributed by atoms with Crippen molar-refractivity contribution in [1.29, 1.82) is 0 Å². The lowest BCUT2D eigenvalue weighted by Crippen LogP contribution is -2.23. The molecular formula is C6H12N3S+. The highest BCUT2D eigenvalue weighted by atomic mass is 32.2. The summed E-state index contributed by atoms with van der Waals surface area (Å²) in [6.07, 6.45) is 0. The van der Waals surface area contributed by atoms with Crippen molar-refractivity contribution in [3.05, 3.63) is 17.5 Å². The second-order valence-corrected chi connectivity index (χ2v) is 3.07. The van der Waals surface area contributed by atoms with Gasteiger partial charge < -0.3 is 11.1 Å². The van der Waals surface area contributed by atoms with Crippen LogP contribution in [0.15, 0.2) is 10.6 Å². The van der Waals surface area contributed by atoms with Gasteiger partial charge in [-0.2, -0.15) is 0 Å². The van der Waals surface area contributed by atoms with Crippen molar-refractivity contribution < 1.29 is 0 Å². The number of nitrogens with one attached hydrogen (secondary N) is 2. The Balaban J connectivity index is 2.59. The number of nitrogens with two attached hydrogens (primary N) is 1. The van der Waals surface area contributed by atoms with E-state index in [4.69, 9.17) is 5.73 Å². The molecule has 1 rings (SSSR count). The summed E-state index contributed by atoms with van der Waals surface area (Å²) in [4.78, 5) is 0. The average Bonchev–Trinajstić information content (AvgIpc) is 2.20. The molecule has 4 N–H and O–H groups in total. The van der Waals surface area contributed by atoms with E-state index in [1.165, 1.54) is 11.9 Å². The van der Waals surface area contributed by atoms with E-state index in [1.54, 1.807) is 0 Å². The van der Waals surface area contributed by atoms with Gasteiger partial charge in [-0.3, -0.25) is 0 Å². The summed E-state index contributed by atoms with van der Waals surface area (Å²) in [7, 11) is 1.90. The van der Waals surface area contributed by atoms with Gasteiger partial charge in [0.25, 0.3) is 0 Å². The van der Waals surface area contributed by atoms with E-state index in [0.717, 1.165) is 17.1 Å². The molecule has 1 atom stereocenters. The van der Waals surface area contributed by atoms with Crippen LogP contribution in [0.4, 0.5) is 0 Å². The molecule has 0 fully saturated rings. The SMILES string of the molecule is [CH2+]C1NSC(N)=C1CNC. The van der Waals surface area contributed by atoms with E-state index in [-0.39, 0.29) is 6.04 Å². The molecule has 56 valence electrons. The second kappa shape index (κ2) is 3.18. The highest BCUT2D eigenvalue weighted by molar-refractivity contribution is 8.01. The van der Waals surface area contributed by atoms with E-state index in [1.807, 2.05) is 7.05 Å². The van der Waals surface area contributed by atoms with E-state index in [0.29, 0.717) is 0 Å². The first kappa shape index (κ1) is 7.78. The topological polar surface area (TPSA) is 50.1 Å². The molecule has 1 heterocycles. The van der Waals surface area contributed by atoms with E-state index < -0.39 is 0 Å². The minimum Gasteiger partial charge on any atom is -0.392 e. The third kappa shape index (κ3) is 1.39. The molecule has 0 aliphatic carbocycles. The summed E-state index contributed by atoms with van der Waals surface area (Å²) in [6, 6.07) is 0.164. The summed E-state index contributed by atoms with van der Waals surface area (Å²) in [5.74, 6) is 0. The molecule has 0 spiro atoms. The molecule has 0 aromatic rings. The highest BCUT2D eigenvalue weighted by Crippen LogP contribution is 2.22. The Morgan fingerprint density at radius 1 is 1.90 bits per heavy atom. The van der Waals surface area contributed by atoms with Crippen molar-refractivity contribution in [2.45, 2.75) is 6.04 Å². The highest BCUT2D eigenvalue weighted by Gasteiger charge is 2.24. The fourth-order valence-electron chi connectivity index (χ4n) is 0.844. The fourth-order valence-corrected chi connectivity index (χ4v) is 1.60. The van der Waals surface area contributed by atoms with Crippen LogP contribution in [-0.4, -0.2) is 19.6 Å². The average molecular weight is 158 g/mol. The molecule has 10 heavy (non-hydrogen) atoms. The number of hydrogen-bond donors (Lipinski definition) is 3. The molecule has 0 amide bonds. The summed E-state index contributed by atoms with van der Waals surface area (Å²) in [5, 5.41) is 3.90. The predicted molar refractivity (Wildman–Crippen MR) is 45.0 cm³/mol. The molecule has 4 heteroatoms. The van der Waals surface area contributed by atoms with Crippen LogP contribution in [0.1, 0.15) is 0 Å². The minimum atomic E-state index is 0.164. The molecule has 1 aliphatic heterocycles. The van der Waals surface area contributed by atoms with Gasteiger partial charge in [0.15, 0.2) is 6.04 Å². The van der Waals surface area contributed by atoms with Crippen molar-refractivity contribution in [3.8, 4) is 0 Å². The maximum Gasteiger partial charge on any atom is 0.181 e. The quantitative estimate of drug-likeness (QED) is 0.386. The Bertz CT molecular complexity index is 155. The first-order valence-electron chi connectivity index (χ1n) is 3.14. The lowest BCUT2D eigenvalue weighted by atomic mass is 10.1. The summed E-state index contributed by atoms with van der Waals surface area (Å²) in [6.45, 7) is 4.70. The zero-order valence-corrected chi connectivity index (χ0v) is 6.79. The van der Waals surface area contributed by atoms with Crippen LogP contribution in [0, 0.1) is 6.92 Å². The summed E-state index contributed by atoms with van der Waals surface area (Å²) >= 11 is 1.46. The zero-order chi connectivity index (χ0) is 7.56. The van der Waals surface area contributed by atoms with Gasteiger partial charge in [-0.05, 0) is 19.0 Å². The molecule has 0 saturated carbocycles. The lowest BCUT2D eigenvalue weighted by Gasteiger charge is -2.01. The van der Waals surface area contributed by atoms with E-state index >= 15 is 0 Å². The van der Waals surface area contributed by atoms with Crippen molar-refractivity contribution in [2.24, 2.45) is 5.73 Å². The molecular weight excluding hydrogens is 146 g/mol. The van der Waals surface area contributed by atoms with Crippen molar-refractivity contribution in [3.63, 3.8) is 0 Å². The Labute approximate surface area is 65.6 Å². The Hall–Kier alpha value is -0.320. The number of likely N-dealkylation sites (N-methyl/N-ethyl adjacent to an activating group) is 1. The van der Waals surface area contributed by atoms with Crippen LogP contribution in [0.2, 0.25) is 0 Å². The third-order valence-electron chi connectivity index (χ3n) is 1.42. The molecule has 0 radical (unpaired) electrons. The first-order chi connectivity index (χ1) is 4.75. The van der Waals surface area contributed by atoms with E-state index in [9.17, 15) is 0 Å². The maximum atomic E-state index is 5.66. The van der Waals surface area contributed by atoms with Gasteiger partial charge in [0, 0.05) is 12.1 Å². The second-order valence-electron chi connectivity index (χ2n) is 2.19. The summed E-state index contributed by atoms with van der Waals surface area (Å²) < 4.78 is 3.07. The zero-order valence-electron chi connectivity index (χ0n) is 5.98. The number of hydrogen-bond acceptors (Lipinski definition) is 4. The Morgan fingerprint density at radius 2 is 2.60 bits per heavy atom. The predicted octanol–water partition coefficient (Wildman–Crippen LogP) is -0.170. The molecule has 1 unspecified atom stereocenters. The smallest absolute Gasteiger partial charge is 0.181 e. The van der Waals surface area contributed by atoms with Gasteiger partial charge in [0.05, 0.1) is 12.0 Å². The van der Waals surface area contributed by atoms with Crippen molar-refractivity contribution >= 4 is 11.9 Å². The third-order valence-corrected chi connectivity index (χ3v) is 2.30. The lowest BCUT2D eigenvalue weighted by molar-refractivity contribution is 0.786. The van der Waals surface area contributed by atoms with Gasteiger partial charge >= 0.3 is 0 Å². The number of rotatable bonds is 2.